The predicted molar refractivity (Wildman–Crippen MR) is 78.5 cm³/mol. The number of hydrogen-bond donors (Lipinski definition) is 3. The molecule has 0 bridgehead atoms. The minimum atomic E-state index is 0.0497. The van der Waals surface area contributed by atoms with Crippen molar-refractivity contribution >= 4 is 34.3 Å². The van der Waals surface area contributed by atoms with E-state index in [0.29, 0.717) is 6.42 Å². The van der Waals surface area contributed by atoms with Gasteiger partial charge in [-0.15, -0.1) is 0 Å². The van der Waals surface area contributed by atoms with Crippen molar-refractivity contribution in [2.45, 2.75) is 12.5 Å². The van der Waals surface area contributed by atoms with Gasteiger partial charge in [0.1, 0.15) is 0 Å². The van der Waals surface area contributed by atoms with E-state index in [-0.39, 0.29) is 11.9 Å². The highest BCUT2D eigenvalue weighted by atomic mass is 32.2. The number of nitrogens with zero attached hydrogens (tertiary/aromatic N) is 1. The van der Waals surface area contributed by atoms with Crippen molar-refractivity contribution in [2.75, 3.05) is 23.4 Å². The largest absolute Gasteiger partial charge is 0.325 e. The second-order valence-corrected chi connectivity index (χ2v) is 5.76. The van der Waals surface area contributed by atoms with Gasteiger partial charge < -0.3 is 10.6 Å². The van der Waals surface area contributed by atoms with Crippen LogP contribution in [0.2, 0.25) is 0 Å². The van der Waals surface area contributed by atoms with Crippen LogP contribution in [0, 0.1) is 0 Å². The van der Waals surface area contributed by atoms with Crippen molar-refractivity contribution in [1.29, 1.82) is 0 Å². The van der Waals surface area contributed by atoms with Gasteiger partial charge in [-0.25, -0.2) is 0 Å². The zero-order valence-electron chi connectivity index (χ0n) is 10.5. The first kappa shape index (κ1) is 12.5. The Balaban J connectivity index is 1.67. The summed E-state index contributed by atoms with van der Waals surface area (Å²) in [6, 6.07) is 6.03. The predicted octanol–water partition coefficient (Wildman–Crippen LogP) is 1.60. The van der Waals surface area contributed by atoms with Crippen molar-refractivity contribution in [3.05, 3.63) is 24.4 Å². The molecule has 6 heteroatoms. The number of nitrogens with one attached hydrogen (secondary N) is 3. The van der Waals surface area contributed by atoms with Gasteiger partial charge in [0.05, 0.1) is 17.4 Å². The summed E-state index contributed by atoms with van der Waals surface area (Å²) in [6.07, 6.45) is 2.25. The maximum absolute atomic E-state index is 12.1. The quantitative estimate of drug-likeness (QED) is 0.796. The lowest BCUT2D eigenvalue weighted by molar-refractivity contribution is -0.116. The van der Waals surface area contributed by atoms with Gasteiger partial charge in [0.25, 0.3) is 0 Å². The fourth-order valence-corrected chi connectivity index (χ4v) is 3.20. The first-order chi connectivity index (χ1) is 9.33. The highest BCUT2D eigenvalue weighted by Gasteiger charge is 2.17. The third-order valence-corrected chi connectivity index (χ3v) is 4.32. The molecule has 1 atom stereocenters. The van der Waals surface area contributed by atoms with Crippen LogP contribution >= 0.6 is 11.8 Å². The van der Waals surface area contributed by atoms with Gasteiger partial charge in [-0.3, -0.25) is 9.89 Å². The number of amides is 1. The van der Waals surface area contributed by atoms with Gasteiger partial charge in [-0.2, -0.15) is 16.9 Å². The smallest absolute Gasteiger partial charge is 0.225 e. The molecule has 19 heavy (non-hydrogen) atoms. The summed E-state index contributed by atoms with van der Waals surface area (Å²) < 4.78 is 0. The van der Waals surface area contributed by atoms with Crippen molar-refractivity contribution in [2.24, 2.45) is 0 Å². The Hall–Kier alpha value is -1.53. The lowest BCUT2D eigenvalue weighted by Gasteiger charge is -2.22. The molecule has 100 valence electrons. The molecule has 1 saturated heterocycles. The lowest BCUT2D eigenvalue weighted by atomic mass is 10.2. The molecule has 5 nitrogen and oxygen atoms in total. The van der Waals surface area contributed by atoms with E-state index in [9.17, 15) is 4.79 Å². The van der Waals surface area contributed by atoms with Gasteiger partial charge >= 0.3 is 0 Å². The van der Waals surface area contributed by atoms with Crippen molar-refractivity contribution in [3.63, 3.8) is 0 Å². The molecule has 0 aliphatic carbocycles. The second kappa shape index (κ2) is 5.63. The van der Waals surface area contributed by atoms with E-state index in [1.807, 2.05) is 30.0 Å². The number of rotatable bonds is 3. The summed E-state index contributed by atoms with van der Waals surface area (Å²) in [6.45, 7) is 0.986. The third-order valence-electron chi connectivity index (χ3n) is 3.19. The Morgan fingerprint density at radius 1 is 1.53 bits per heavy atom. The summed E-state index contributed by atoms with van der Waals surface area (Å²) in [5.41, 5.74) is 1.75. The van der Waals surface area contributed by atoms with Crippen LogP contribution in [0.5, 0.6) is 0 Å². The molecule has 1 fully saturated rings. The maximum atomic E-state index is 12.1. The van der Waals surface area contributed by atoms with E-state index in [4.69, 9.17) is 0 Å². The van der Waals surface area contributed by atoms with Gasteiger partial charge in [0, 0.05) is 35.9 Å². The zero-order valence-corrected chi connectivity index (χ0v) is 11.3. The van der Waals surface area contributed by atoms with Crippen LogP contribution in [0.1, 0.15) is 6.42 Å². The van der Waals surface area contributed by atoms with Crippen LogP contribution in [0.25, 0.3) is 10.9 Å². The fraction of sp³-hybridized carbons (Fsp3) is 0.385. The first-order valence-electron chi connectivity index (χ1n) is 6.36. The molecule has 1 aliphatic heterocycles. The molecular formula is C13H16N4OS. The Bertz CT molecular complexity index is 577. The highest BCUT2D eigenvalue weighted by Crippen LogP contribution is 2.21. The second-order valence-electron chi connectivity index (χ2n) is 4.62. The summed E-state index contributed by atoms with van der Waals surface area (Å²) in [5.74, 6) is 2.18. The molecule has 1 aromatic carbocycles. The molecule has 1 unspecified atom stereocenters. The summed E-state index contributed by atoms with van der Waals surface area (Å²) in [4.78, 5) is 12.1. The normalized spacial score (nSPS) is 19.5. The summed E-state index contributed by atoms with van der Waals surface area (Å²) in [5, 5.41) is 14.2. The summed E-state index contributed by atoms with van der Waals surface area (Å²) in [7, 11) is 0. The van der Waals surface area contributed by atoms with E-state index in [1.165, 1.54) is 0 Å². The minimum Gasteiger partial charge on any atom is -0.325 e. The number of aromatic nitrogens is 2. The molecule has 2 aromatic rings. The van der Waals surface area contributed by atoms with E-state index in [1.54, 1.807) is 6.20 Å². The molecule has 0 saturated carbocycles. The van der Waals surface area contributed by atoms with Crippen molar-refractivity contribution in [1.82, 2.24) is 15.5 Å². The molecule has 1 amide bonds. The van der Waals surface area contributed by atoms with Crippen LogP contribution in [0.4, 0.5) is 5.69 Å². The van der Waals surface area contributed by atoms with E-state index in [0.717, 1.165) is 34.6 Å². The Morgan fingerprint density at radius 3 is 3.32 bits per heavy atom. The average molecular weight is 276 g/mol. The van der Waals surface area contributed by atoms with E-state index in [2.05, 4.69) is 20.8 Å². The first-order valence-corrected chi connectivity index (χ1v) is 7.51. The van der Waals surface area contributed by atoms with Gasteiger partial charge in [0.2, 0.25) is 5.91 Å². The minimum absolute atomic E-state index is 0.0497. The van der Waals surface area contributed by atoms with Crippen LogP contribution in [-0.2, 0) is 4.79 Å². The monoisotopic (exact) mass is 276 g/mol. The van der Waals surface area contributed by atoms with E-state index < -0.39 is 0 Å². The summed E-state index contributed by atoms with van der Waals surface area (Å²) >= 11 is 1.90. The number of H-pyrrole nitrogens is 1. The molecule has 1 aliphatic rings. The van der Waals surface area contributed by atoms with Crippen LogP contribution < -0.4 is 10.6 Å². The topological polar surface area (TPSA) is 69.8 Å². The van der Waals surface area contributed by atoms with Crippen LogP contribution in [0.15, 0.2) is 24.4 Å². The number of anilines is 1. The highest BCUT2D eigenvalue weighted by molar-refractivity contribution is 7.99. The molecule has 1 aromatic heterocycles. The maximum Gasteiger partial charge on any atom is 0.225 e. The Morgan fingerprint density at radius 2 is 2.47 bits per heavy atom. The average Bonchev–Trinajstić information content (AvgIpc) is 2.89. The lowest BCUT2D eigenvalue weighted by Crippen LogP contribution is -2.39. The molecule has 2 heterocycles. The Kier molecular flexibility index (Phi) is 3.70. The standard InChI is InChI=1S/C13H16N4OS/c18-13(6-9-8-19-5-4-14-9)16-11-2-1-3-12-10(11)7-15-17-12/h1-3,7,9,14H,4-6,8H2,(H,15,17)(H,16,18). The number of carbonyl (C=O) groups is 1. The molecule has 0 radical (unpaired) electrons. The number of aromatic amines is 1. The van der Waals surface area contributed by atoms with Crippen LogP contribution in [0.3, 0.4) is 0 Å². The number of hydrogen-bond acceptors (Lipinski definition) is 4. The zero-order chi connectivity index (χ0) is 13.1. The number of carbonyl (C=O) groups excluding carboxylic acids is 1. The van der Waals surface area contributed by atoms with Gasteiger partial charge in [0.15, 0.2) is 0 Å². The van der Waals surface area contributed by atoms with Gasteiger partial charge in [-0.05, 0) is 12.1 Å². The van der Waals surface area contributed by atoms with E-state index >= 15 is 0 Å². The SMILES string of the molecule is O=C(CC1CSCCN1)Nc1cccc2[nH]ncc12. The molecule has 3 rings (SSSR count). The molecular weight excluding hydrogens is 260 g/mol. The van der Waals surface area contributed by atoms with Crippen molar-refractivity contribution < 1.29 is 4.79 Å². The number of benzene rings is 1. The number of thioether (sulfide) groups is 1. The molecule has 3 N–H and O–H groups in total. The van der Waals surface area contributed by atoms with Crippen LogP contribution in [-0.4, -0.2) is 40.2 Å². The molecule has 0 spiro atoms. The fourth-order valence-electron chi connectivity index (χ4n) is 2.25. The third kappa shape index (κ3) is 2.90. The Labute approximate surface area is 115 Å². The van der Waals surface area contributed by atoms with Gasteiger partial charge in [-0.1, -0.05) is 6.07 Å². The number of fused-ring (bicyclic) bond motifs is 1. The van der Waals surface area contributed by atoms with Crippen molar-refractivity contribution in [3.8, 4) is 0 Å².